The molecule has 2 aromatic carbocycles. The molecule has 0 radical (unpaired) electrons. The first-order valence-corrected chi connectivity index (χ1v) is 7.34. The normalized spacial score (nSPS) is 19.5. The first-order valence-electron chi connectivity index (χ1n) is 7.34. The zero-order chi connectivity index (χ0) is 15.5. The molecule has 0 heterocycles. The summed E-state index contributed by atoms with van der Waals surface area (Å²) in [6.07, 6.45) is 1.20. The lowest BCUT2D eigenvalue weighted by molar-refractivity contribution is -0.120. The number of hydrogen-bond acceptors (Lipinski definition) is 2. The van der Waals surface area contributed by atoms with E-state index >= 15 is 0 Å². The van der Waals surface area contributed by atoms with Crippen molar-refractivity contribution in [1.82, 2.24) is 5.32 Å². The fourth-order valence-electron chi connectivity index (χ4n) is 2.72. The maximum Gasteiger partial charge on any atom is 0.224 e. The van der Waals surface area contributed by atoms with E-state index < -0.39 is 0 Å². The largest absolute Gasteiger partial charge is 0.496 e. The third-order valence-electron chi connectivity index (χ3n) is 3.95. The number of carbonyl (C=O) groups is 1. The number of hydrogen-bond donors (Lipinski definition) is 1. The Morgan fingerprint density at radius 1 is 1.23 bits per heavy atom. The number of halogens is 1. The first kappa shape index (κ1) is 14.6. The molecular formula is C18H18FNO2. The molecular weight excluding hydrogens is 281 g/mol. The van der Waals surface area contributed by atoms with E-state index in [0.717, 1.165) is 23.3 Å². The van der Waals surface area contributed by atoms with Gasteiger partial charge in [0.25, 0.3) is 0 Å². The molecule has 2 atom stereocenters. The van der Waals surface area contributed by atoms with Crippen molar-refractivity contribution in [3.8, 4) is 5.75 Å². The van der Waals surface area contributed by atoms with Crippen molar-refractivity contribution in [2.75, 3.05) is 7.11 Å². The van der Waals surface area contributed by atoms with E-state index in [1.165, 1.54) is 12.1 Å². The van der Waals surface area contributed by atoms with Gasteiger partial charge in [0, 0.05) is 12.0 Å². The van der Waals surface area contributed by atoms with Crippen LogP contribution in [0.25, 0.3) is 0 Å². The molecule has 1 N–H and O–H groups in total. The molecule has 1 saturated carbocycles. The summed E-state index contributed by atoms with van der Waals surface area (Å²) in [5.41, 5.74) is 1.95. The van der Waals surface area contributed by atoms with Crippen LogP contribution < -0.4 is 10.1 Å². The fraction of sp³-hybridized carbons (Fsp3) is 0.278. The highest BCUT2D eigenvalue weighted by atomic mass is 19.1. The molecule has 22 heavy (non-hydrogen) atoms. The van der Waals surface area contributed by atoms with Gasteiger partial charge < -0.3 is 10.1 Å². The van der Waals surface area contributed by atoms with E-state index in [1.807, 2.05) is 24.3 Å². The van der Waals surface area contributed by atoms with Crippen molar-refractivity contribution in [3.05, 3.63) is 65.5 Å². The third kappa shape index (κ3) is 3.27. The van der Waals surface area contributed by atoms with Crippen LogP contribution >= 0.6 is 0 Å². The summed E-state index contributed by atoms with van der Waals surface area (Å²) < 4.78 is 18.2. The highest BCUT2D eigenvalue weighted by Crippen LogP contribution is 2.44. The summed E-state index contributed by atoms with van der Waals surface area (Å²) in [5.74, 6) is 0.854. The second-order valence-corrected chi connectivity index (χ2v) is 5.56. The summed E-state index contributed by atoms with van der Waals surface area (Å²) in [6.45, 7) is 0. The van der Waals surface area contributed by atoms with Crippen molar-refractivity contribution in [2.24, 2.45) is 0 Å². The Kier molecular flexibility index (Phi) is 4.09. The van der Waals surface area contributed by atoms with Gasteiger partial charge in [-0.25, -0.2) is 4.39 Å². The van der Waals surface area contributed by atoms with Gasteiger partial charge in [-0.15, -0.1) is 0 Å². The summed E-state index contributed by atoms with van der Waals surface area (Å²) in [6, 6.07) is 14.1. The zero-order valence-electron chi connectivity index (χ0n) is 12.4. The number of para-hydroxylation sites is 1. The highest BCUT2D eigenvalue weighted by Gasteiger charge is 2.40. The van der Waals surface area contributed by atoms with Crippen LogP contribution in [0.4, 0.5) is 4.39 Å². The molecule has 3 nitrogen and oxygen atoms in total. The van der Waals surface area contributed by atoms with Gasteiger partial charge in [0.1, 0.15) is 11.6 Å². The lowest BCUT2D eigenvalue weighted by Gasteiger charge is -2.08. The van der Waals surface area contributed by atoms with Gasteiger partial charge in [0.2, 0.25) is 5.91 Å². The Hall–Kier alpha value is -2.36. The number of rotatable bonds is 5. The Balaban J connectivity index is 1.57. The van der Waals surface area contributed by atoms with Crippen LogP contribution in [0.1, 0.15) is 23.5 Å². The predicted octanol–water partition coefficient (Wildman–Crippen LogP) is 3.05. The third-order valence-corrected chi connectivity index (χ3v) is 3.95. The van der Waals surface area contributed by atoms with Gasteiger partial charge in [0.15, 0.2) is 0 Å². The molecule has 1 aliphatic carbocycles. The average Bonchev–Trinajstić information content (AvgIpc) is 3.28. The Bertz CT molecular complexity index is 669. The molecule has 114 valence electrons. The van der Waals surface area contributed by atoms with Gasteiger partial charge in [-0.3, -0.25) is 4.79 Å². The van der Waals surface area contributed by atoms with Crippen molar-refractivity contribution >= 4 is 5.91 Å². The first-order chi connectivity index (χ1) is 10.7. The lowest BCUT2D eigenvalue weighted by atomic mass is 10.1. The van der Waals surface area contributed by atoms with E-state index in [2.05, 4.69) is 5.32 Å². The lowest BCUT2D eigenvalue weighted by Crippen LogP contribution is -2.28. The minimum atomic E-state index is -0.289. The number of ether oxygens (including phenoxy) is 1. The zero-order valence-corrected chi connectivity index (χ0v) is 12.4. The topological polar surface area (TPSA) is 38.3 Å². The quantitative estimate of drug-likeness (QED) is 0.921. The van der Waals surface area contributed by atoms with Crippen molar-refractivity contribution < 1.29 is 13.9 Å². The average molecular weight is 299 g/mol. The smallest absolute Gasteiger partial charge is 0.224 e. The van der Waals surface area contributed by atoms with E-state index in [9.17, 15) is 9.18 Å². The molecule has 0 unspecified atom stereocenters. The Morgan fingerprint density at radius 3 is 2.68 bits per heavy atom. The molecule has 1 aliphatic rings. The minimum Gasteiger partial charge on any atom is -0.496 e. The minimum absolute atomic E-state index is 0.0333. The van der Waals surface area contributed by atoms with Crippen LogP contribution in [0.15, 0.2) is 48.5 Å². The van der Waals surface area contributed by atoms with Crippen LogP contribution in [0.5, 0.6) is 5.75 Å². The summed E-state index contributed by atoms with van der Waals surface area (Å²) in [5, 5.41) is 3.03. The van der Waals surface area contributed by atoms with Gasteiger partial charge in [-0.05, 0) is 35.7 Å². The molecule has 3 rings (SSSR count). The molecule has 0 spiro atoms. The second kappa shape index (κ2) is 6.18. The predicted molar refractivity (Wildman–Crippen MR) is 82.4 cm³/mol. The number of amides is 1. The van der Waals surface area contributed by atoms with E-state index in [-0.39, 0.29) is 24.2 Å². The van der Waals surface area contributed by atoms with Gasteiger partial charge in [0.05, 0.1) is 13.5 Å². The molecule has 2 aromatic rings. The monoisotopic (exact) mass is 299 g/mol. The van der Waals surface area contributed by atoms with Gasteiger partial charge in [-0.2, -0.15) is 0 Å². The number of benzene rings is 2. The highest BCUT2D eigenvalue weighted by molar-refractivity contribution is 5.79. The molecule has 0 saturated heterocycles. The molecule has 0 aromatic heterocycles. The summed E-state index contributed by atoms with van der Waals surface area (Å²) >= 11 is 0. The van der Waals surface area contributed by atoms with Crippen LogP contribution in [0.2, 0.25) is 0 Å². The van der Waals surface area contributed by atoms with Crippen molar-refractivity contribution in [1.29, 1.82) is 0 Å². The van der Waals surface area contributed by atoms with Crippen molar-refractivity contribution in [3.63, 3.8) is 0 Å². The van der Waals surface area contributed by atoms with E-state index in [4.69, 9.17) is 4.74 Å². The van der Waals surface area contributed by atoms with Crippen LogP contribution in [-0.2, 0) is 11.2 Å². The van der Waals surface area contributed by atoms with Crippen LogP contribution in [0, 0.1) is 5.82 Å². The molecule has 1 fully saturated rings. The van der Waals surface area contributed by atoms with Gasteiger partial charge >= 0.3 is 0 Å². The standard InChI is InChI=1S/C18H18FNO2/c1-22-17-5-3-2-4-14(17)15-11-16(15)20-18(21)10-12-6-8-13(19)9-7-12/h2-9,15-16H,10-11H2,1H3,(H,20,21)/t15-,16-/m0/s1. The van der Waals surface area contributed by atoms with E-state index in [1.54, 1.807) is 19.2 Å². The van der Waals surface area contributed by atoms with Crippen molar-refractivity contribution in [2.45, 2.75) is 24.8 Å². The number of carbonyl (C=O) groups excluding carboxylic acids is 1. The second-order valence-electron chi connectivity index (χ2n) is 5.56. The van der Waals surface area contributed by atoms with E-state index in [0.29, 0.717) is 5.92 Å². The van der Waals surface area contributed by atoms with Gasteiger partial charge in [-0.1, -0.05) is 30.3 Å². The summed E-state index contributed by atoms with van der Waals surface area (Å²) in [4.78, 5) is 12.0. The van der Waals surface area contributed by atoms with Crippen LogP contribution in [0.3, 0.4) is 0 Å². The molecule has 1 amide bonds. The maximum absolute atomic E-state index is 12.8. The Labute approximate surface area is 129 Å². The SMILES string of the molecule is COc1ccccc1[C@@H]1C[C@@H]1NC(=O)Cc1ccc(F)cc1. The number of methoxy groups -OCH3 is 1. The summed E-state index contributed by atoms with van der Waals surface area (Å²) in [7, 11) is 1.66. The van der Waals surface area contributed by atoms with Crippen LogP contribution in [-0.4, -0.2) is 19.1 Å². The maximum atomic E-state index is 12.8. The number of nitrogens with one attached hydrogen (secondary N) is 1. The molecule has 4 heteroatoms. The fourth-order valence-corrected chi connectivity index (χ4v) is 2.72. The molecule has 0 aliphatic heterocycles. The molecule has 0 bridgehead atoms. The Morgan fingerprint density at radius 2 is 1.95 bits per heavy atom.